The number of aryl methyl sites for hydroxylation is 2. The molecule has 1 aliphatic rings. The first-order valence-corrected chi connectivity index (χ1v) is 9.67. The highest BCUT2D eigenvalue weighted by molar-refractivity contribution is 6.30. The molecule has 0 saturated carbocycles. The summed E-state index contributed by atoms with van der Waals surface area (Å²) in [6.07, 6.45) is 1.67. The van der Waals surface area contributed by atoms with Crippen LogP contribution in [-0.4, -0.2) is 41.2 Å². The van der Waals surface area contributed by atoms with E-state index in [9.17, 15) is 9.90 Å². The summed E-state index contributed by atoms with van der Waals surface area (Å²) in [4.78, 5) is 14.4. The molecule has 2 aromatic rings. The topological polar surface area (TPSA) is 49.8 Å². The number of carbonyl (C=O) groups excluding carboxylic acids is 1. The molecular weight excluding hydrogens is 362 g/mol. The molecule has 0 bridgehead atoms. The van der Waals surface area contributed by atoms with Gasteiger partial charge in [0.25, 0.3) is 0 Å². The molecule has 144 valence electrons. The van der Waals surface area contributed by atoms with Crippen molar-refractivity contribution >= 4 is 17.5 Å². The van der Waals surface area contributed by atoms with Crippen molar-refractivity contribution in [3.63, 3.8) is 0 Å². The Kier molecular flexibility index (Phi) is 6.08. The lowest BCUT2D eigenvalue weighted by Gasteiger charge is -2.39. The number of rotatable bonds is 5. The van der Waals surface area contributed by atoms with Gasteiger partial charge in [-0.3, -0.25) is 4.79 Å². The molecule has 27 heavy (non-hydrogen) atoms. The quantitative estimate of drug-likeness (QED) is 0.845. The van der Waals surface area contributed by atoms with E-state index in [1.165, 1.54) is 5.56 Å². The highest BCUT2D eigenvalue weighted by Gasteiger charge is 2.36. The third kappa shape index (κ3) is 5.24. The lowest BCUT2D eigenvalue weighted by molar-refractivity contribution is -0.139. The van der Waals surface area contributed by atoms with E-state index < -0.39 is 5.60 Å². The summed E-state index contributed by atoms with van der Waals surface area (Å²) >= 11 is 6.00. The van der Waals surface area contributed by atoms with Gasteiger partial charge in [-0.25, -0.2) is 0 Å². The zero-order valence-electron chi connectivity index (χ0n) is 15.9. The van der Waals surface area contributed by atoms with Crippen LogP contribution in [0.2, 0.25) is 5.02 Å². The molecule has 0 aromatic heterocycles. The number of carbonyl (C=O) groups is 1. The second-order valence-corrected chi connectivity index (χ2v) is 7.92. The summed E-state index contributed by atoms with van der Waals surface area (Å²) in [6.45, 7) is 5.21. The Labute approximate surface area is 165 Å². The number of aliphatic hydroxyl groups is 1. The van der Waals surface area contributed by atoms with Crippen molar-refractivity contribution in [1.29, 1.82) is 0 Å². The number of likely N-dealkylation sites (tertiary alicyclic amines) is 1. The molecule has 1 amide bonds. The van der Waals surface area contributed by atoms with Gasteiger partial charge < -0.3 is 14.7 Å². The van der Waals surface area contributed by atoms with Crippen molar-refractivity contribution in [3.05, 3.63) is 64.2 Å². The minimum Gasteiger partial charge on any atom is -0.491 e. The van der Waals surface area contributed by atoms with Crippen LogP contribution >= 0.6 is 11.6 Å². The molecule has 5 heteroatoms. The van der Waals surface area contributed by atoms with Crippen LogP contribution in [-0.2, 0) is 11.2 Å². The van der Waals surface area contributed by atoms with Crippen molar-refractivity contribution in [1.82, 2.24) is 4.90 Å². The molecule has 0 radical (unpaired) electrons. The number of β-amino-alcohol motifs (C(OH)–C–C–N with tert-alkyl or cyclic N) is 1. The van der Waals surface area contributed by atoms with Crippen LogP contribution in [0.1, 0.15) is 29.5 Å². The number of halogens is 1. The number of hydrogen-bond donors (Lipinski definition) is 1. The summed E-state index contributed by atoms with van der Waals surface area (Å²) in [7, 11) is 0. The molecule has 4 nitrogen and oxygen atoms in total. The fraction of sp³-hybridized carbons (Fsp3) is 0.409. The SMILES string of the molecule is Cc1ccc(OCC2(O)CCCN(C(=O)Cc3cccc(Cl)c3)C2)cc1C. The van der Waals surface area contributed by atoms with E-state index in [1.807, 2.05) is 37.3 Å². The fourth-order valence-corrected chi connectivity index (χ4v) is 3.61. The average molecular weight is 388 g/mol. The van der Waals surface area contributed by atoms with Gasteiger partial charge in [-0.1, -0.05) is 29.8 Å². The van der Waals surface area contributed by atoms with E-state index in [-0.39, 0.29) is 25.5 Å². The standard InChI is InChI=1S/C22H26ClNO3/c1-16-7-8-20(11-17(16)2)27-15-22(26)9-4-10-24(14-22)21(25)13-18-5-3-6-19(23)12-18/h3,5-8,11-12,26H,4,9-10,13-15H2,1-2H3. The fourth-order valence-electron chi connectivity index (χ4n) is 3.40. The predicted molar refractivity (Wildman–Crippen MR) is 107 cm³/mol. The number of hydrogen-bond acceptors (Lipinski definition) is 3. The molecule has 1 N–H and O–H groups in total. The first kappa shape index (κ1) is 19.7. The lowest BCUT2D eigenvalue weighted by Crippen LogP contribution is -2.53. The molecule has 1 saturated heterocycles. The average Bonchev–Trinajstić information content (AvgIpc) is 2.63. The van der Waals surface area contributed by atoms with Gasteiger partial charge in [0.05, 0.1) is 13.0 Å². The van der Waals surface area contributed by atoms with Gasteiger partial charge in [-0.05, 0) is 67.6 Å². The van der Waals surface area contributed by atoms with E-state index >= 15 is 0 Å². The minimum atomic E-state index is -1.03. The Morgan fingerprint density at radius 3 is 2.78 bits per heavy atom. The van der Waals surface area contributed by atoms with Gasteiger partial charge in [0, 0.05) is 11.6 Å². The largest absolute Gasteiger partial charge is 0.491 e. The Balaban J connectivity index is 1.60. The van der Waals surface area contributed by atoms with Crippen LogP contribution in [0.4, 0.5) is 0 Å². The summed E-state index contributed by atoms with van der Waals surface area (Å²) in [6, 6.07) is 13.2. The summed E-state index contributed by atoms with van der Waals surface area (Å²) in [5, 5.41) is 11.6. The monoisotopic (exact) mass is 387 g/mol. The number of nitrogens with zero attached hydrogens (tertiary/aromatic N) is 1. The molecule has 1 aliphatic heterocycles. The third-order valence-electron chi connectivity index (χ3n) is 5.14. The number of amides is 1. The lowest BCUT2D eigenvalue weighted by atomic mass is 9.93. The van der Waals surface area contributed by atoms with Crippen LogP contribution in [0.15, 0.2) is 42.5 Å². The van der Waals surface area contributed by atoms with Crippen molar-refractivity contribution in [3.8, 4) is 5.75 Å². The predicted octanol–water partition coefficient (Wildman–Crippen LogP) is 3.93. The summed E-state index contributed by atoms with van der Waals surface area (Å²) < 4.78 is 5.84. The zero-order valence-corrected chi connectivity index (χ0v) is 16.6. The van der Waals surface area contributed by atoms with Gasteiger partial charge in [0.2, 0.25) is 5.91 Å². The Morgan fingerprint density at radius 2 is 2.04 bits per heavy atom. The molecular formula is C22H26ClNO3. The smallest absolute Gasteiger partial charge is 0.227 e. The van der Waals surface area contributed by atoms with E-state index in [1.54, 1.807) is 17.0 Å². The molecule has 0 spiro atoms. The molecule has 2 aromatic carbocycles. The van der Waals surface area contributed by atoms with Gasteiger partial charge in [-0.15, -0.1) is 0 Å². The highest BCUT2D eigenvalue weighted by Crippen LogP contribution is 2.25. The minimum absolute atomic E-state index is 0.00146. The maximum absolute atomic E-state index is 12.7. The van der Waals surface area contributed by atoms with Gasteiger partial charge >= 0.3 is 0 Å². The summed E-state index contributed by atoms with van der Waals surface area (Å²) in [5.41, 5.74) is 2.21. The van der Waals surface area contributed by atoms with Crippen LogP contribution in [0, 0.1) is 13.8 Å². The van der Waals surface area contributed by atoms with E-state index in [2.05, 4.69) is 6.92 Å². The molecule has 3 rings (SSSR count). The maximum Gasteiger partial charge on any atom is 0.227 e. The van der Waals surface area contributed by atoms with Crippen molar-refractivity contribution in [2.75, 3.05) is 19.7 Å². The number of benzene rings is 2. The van der Waals surface area contributed by atoms with Crippen LogP contribution < -0.4 is 4.74 Å². The number of ether oxygens (including phenoxy) is 1. The molecule has 1 unspecified atom stereocenters. The van der Waals surface area contributed by atoms with Crippen LogP contribution in [0.25, 0.3) is 0 Å². The Morgan fingerprint density at radius 1 is 1.22 bits per heavy atom. The molecule has 0 aliphatic carbocycles. The normalized spacial score (nSPS) is 19.8. The second-order valence-electron chi connectivity index (χ2n) is 7.48. The van der Waals surface area contributed by atoms with E-state index in [4.69, 9.17) is 16.3 Å². The summed E-state index contributed by atoms with van der Waals surface area (Å²) in [5.74, 6) is 0.746. The number of piperidine rings is 1. The van der Waals surface area contributed by atoms with E-state index in [0.717, 1.165) is 23.3 Å². The second kappa shape index (κ2) is 8.32. The van der Waals surface area contributed by atoms with Gasteiger partial charge in [0.1, 0.15) is 18.0 Å². The van der Waals surface area contributed by atoms with Crippen LogP contribution in [0.3, 0.4) is 0 Å². The van der Waals surface area contributed by atoms with Crippen LogP contribution in [0.5, 0.6) is 5.75 Å². The third-order valence-corrected chi connectivity index (χ3v) is 5.37. The van der Waals surface area contributed by atoms with Gasteiger partial charge in [-0.2, -0.15) is 0 Å². The van der Waals surface area contributed by atoms with Crippen molar-refractivity contribution < 1.29 is 14.6 Å². The highest BCUT2D eigenvalue weighted by atomic mass is 35.5. The van der Waals surface area contributed by atoms with Crippen molar-refractivity contribution in [2.45, 2.75) is 38.7 Å². The Bertz CT molecular complexity index is 823. The zero-order chi connectivity index (χ0) is 19.4. The molecule has 1 fully saturated rings. The van der Waals surface area contributed by atoms with Gasteiger partial charge in [0.15, 0.2) is 0 Å². The molecule has 1 atom stereocenters. The van der Waals surface area contributed by atoms with E-state index in [0.29, 0.717) is 18.0 Å². The maximum atomic E-state index is 12.7. The van der Waals surface area contributed by atoms with Crippen molar-refractivity contribution in [2.24, 2.45) is 0 Å². The molecule has 1 heterocycles. The first-order valence-electron chi connectivity index (χ1n) is 9.29. The Hall–Kier alpha value is -2.04. The first-order chi connectivity index (χ1) is 12.8.